The number of methoxy groups -OCH3 is 1. The zero-order chi connectivity index (χ0) is 14.5. The fourth-order valence-electron chi connectivity index (χ4n) is 1.79. The molecule has 0 aliphatic carbocycles. The van der Waals surface area contributed by atoms with Crippen molar-refractivity contribution in [3.63, 3.8) is 0 Å². The summed E-state index contributed by atoms with van der Waals surface area (Å²) in [6, 6.07) is 11.9. The van der Waals surface area contributed by atoms with E-state index in [0.29, 0.717) is 18.1 Å². The summed E-state index contributed by atoms with van der Waals surface area (Å²) in [5.74, 6) is -0.0482. The van der Waals surface area contributed by atoms with Gasteiger partial charge in [0.15, 0.2) is 0 Å². The highest BCUT2D eigenvalue weighted by Crippen LogP contribution is 2.26. The van der Waals surface area contributed by atoms with Crippen molar-refractivity contribution in [2.45, 2.75) is 6.61 Å². The van der Waals surface area contributed by atoms with E-state index in [1.807, 2.05) is 18.2 Å². The van der Waals surface area contributed by atoms with Crippen LogP contribution in [0.1, 0.15) is 15.9 Å². The van der Waals surface area contributed by atoms with Crippen molar-refractivity contribution in [3.8, 4) is 11.5 Å². The molecule has 0 aliphatic heterocycles. The van der Waals surface area contributed by atoms with Crippen molar-refractivity contribution in [1.82, 2.24) is 0 Å². The van der Waals surface area contributed by atoms with E-state index in [9.17, 15) is 4.79 Å². The van der Waals surface area contributed by atoms with Gasteiger partial charge in [-0.25, -0.2) is 4.79 Å². The van der Waals surface area contributed by atoms with E-state index >= 15 is 0 Å². The van der Waals surface area contributed by atoms with Gasteiger partial charge in [0.2, 0.25) is 0 Å². The molecule has 0 heterocycles. The van der Waals surface area contributed by atoms with Gasteiger partial charge in [-0.1, -0.05) is 12.1 Å². The molecule has 2 aromatic carbocycles. The monoisotopic (exact) mass is 273 g/mol. The lowest BCUT2D eigenvalue weighted by molar-refractivity contribution is 0.0697. The van der Waals surface area contributed by atoms with Gasteiger partial charge < -0.3 is 20.3 Å². The van der Waals surface area contributed by atoms with Gasteiger partial charge in [0.1, 0.15) is 11.5 Å². The molecule has 2 aromatic rings. The Morgan fingerprint density at radius 1 is 1.20 bits per heavy atom. The fraction of sp³-hybridized carbons (Fsp3) is 0.133. The topological polar surface area (TPSA) is 81.8 Å². The number of carboxylic acids is 1. The summed E-state index contributed by atoms with van der Waals surface area (Å²) in [6.07, 6.45) is 0. The standard InChI is InChI=1S/C15H15NO4/c1-19-9-10-3-2-4-11(7-10)20-12-5-6-14(16)13(8-12)15(17)18/h2-8H,9,16H2,1H3,(H,17,18). The number of nitrogens with two attached hydrogens (primary N) is 1. The number of aromatic carboxylic acids is 1. The summed E-state index contributed by atoms with van der Waals surface area (Å²) in [5, 5.41) is 9.02. The van der Waals surface area contributed by atoms with Crippen molar-refractivity contribution in [2.24, 2.45) is 0 Å². The molecule has 0 spiro atoms. The van der Waals surface area contributed by atoms with Gasteiger partial charge in [-0.2, -0.15) is 0 Å². The molecule has 2 rings (SSSR count). The van der Waals surface area contributed by atoms with Gasteiger partial charge in [-0.3, -0.25) is 0 Å². The van der Waals surface area contributed by atoms with Gasteiger partial charge >= 0.3 is 5.97 Å². The minimum atomic E-state index is -1.08. The molecule has 3 N–H and O–H groups in total. The predicted molar refractivity (Wildman–Crippen MR) is 75.0 cm³/mol. The van der Waals surface area contributed by atoms with Gasteiger partial charge in [0, 0.05) is 12.8 Å². The number of hydrogen-bond donors (Lipinski definition) is 2. The second-order valence-corrected chi connectivity index (χ2v) is 4.24. The van der Waals surface area contributed by atoms with Crippen molar-refractivity contribution in [1.29, 1.82) is 0 Å². The third kappa shape index (κ3) is 3.27. The van der Waals surface area contributed by atoms with Gasteiger partial charge in [0.25, 0.3) is 0 Å². The van der Waals surface area contributed by atoms with E-state index < -0.39 is 5.97 Å². The maximum absolute atomic E-state index is 11.0. The smallest absolute Gasteiger partial charge is 0.337 e. The maximum Gasteiger partial charge on any atom is 0.337 e. The van der Waals surface area contributed by atoms with Crippen LogP contribution >= 0.6 is 0 Å². The minimum Gasteiger partial charge on any atom is -0.478 e. The first kappa shape index (κ1) is 13.9. The number of benzene rings is 2. The molecule has 0 saturated heterocycles. The van der Waals surface area contributed by atoms with Gasteiger partial charge in [-0.05, 0) is 35.9 Å². The predicted octanol–water partition coefficient (Wildman–Crippen LogP) is 2.91. The van der Waals surface area contributed by atoms with Crippen LogP contribution in [0.3, 0.4) is 0 Å². The van der Waals surface area contributed by atoms with Crippen LogP contribution in [0.4, 0.5) is 5.69 Å². The Balaban J connectivity index is 2.23. The molecule has 0 aromatic heterocycles. The first-order valence-electron chi connectivity index (χ1n) is 5.98. The second kappa shape index (κ2) is 6.08. The molecule has 20 heavy (non-hydrogen) atoms. The van der Waals surface area contributed by atoms with Gasteiger partial charge in [0.05, 0.1) is 12.2 Å². The first-order chi connectivity index (χ1) is 9.60. The van der Waals surface area contributed by atoms with Crippen molar-refractivity contribution in [3.05, 3.63) is 53.6 Å². The van der Waals surface area contributed by atoms with Crippen LogP contribution in [-0.2, 0) is 11.3 Å². The van der Waals surface area contributed by atoms with E-state index in [4.69, 9.17) is 20.3 Å². The molecule has 0 atom stereocenters. The highest BCUT2D eigenvalue weighted by molar-refractivity contribution is 5.94. The van der Waals surface area contributed by atoms with Crippen LogP contribution in [0.2, 0.25) is 0 Å². The zero-order valence-corrected chi connectivity index (χ0v) is 11.0. The molecule has 0 unspecified atom stereocenters. The fourth-order valence-corrected chi connectivity index (χ4v) is 1.79. The first-order valence-corrected chi connectivity index (χ1v) is 5.98. The minimum absolute atomic E-state index is 0.0237. The van der Waals surface area contributed by atoms with Gasteiger partial charge in [-0.15, -0.1) is 0 Å². The maximum atomic E-state index is 11.0. The highest BCUT2D eigenvalue weighted by Gasteiger charge is 2.09. The zero-order valence-electron chi connectivity index (χ0n) is 11.0. The Hall–Kier alpha value is -2.53. The van der Waals surface area contributed by atoms with Crippen molar-refractivity contribution < 1.29 is 19.4 Å². The summed E-state index contributed by atoms with van der Waals surface area (Å²) >= 11 is 0. The third-order valence-electron chi connectivity index (χ3n) is 2.70. The Morgan fingerprint density at radius 2 is 1.95 bits per heavy atom. The summed E-state index contributed by atoms with van der Waals surface area (Å²) in [6.45, 7) is 0.485. The molecule has 0 fully saturated rings. The highest BCUT2D eigenvalue weighted by atomic mass is 16.5. The molecule has 5 nitrogen and oxygen atoms in total. The van der Waals surface area contributed by atoms with Crippen LogP contribution < -0.4 is 10.5 Å². The van der Waals surface area contributed by atoms with Crippen molar-refractivity contribution >= 4 is 11.7 Å². The van der Waals surface area contributed by atoms with Crippen LogP contribution in [-0.4, -0.2) is 18.2 Å². The quantitative estimate of drug-likeness (QED) is 0.818. The summed E-state index contributed by atoms with van der Waals surface area (Å²) < 4.78 is 10.7. The molecule has 0 saturated carbocycles. The number of ether oxygens (including phenoxy) is 2. The number of hydrogen-bond acceptors (Lipinski definition) is 4. The average molecular weight is 273 g/mol. The molecular weight excluding hydrogens is 258 g/mol. The number of anilines is 1. The number of carbonyl (C=O) groups is 1. The van der Waals surface area contributed by atoms with E-state index in [2.05, 4.69) is 0 Å². The SMILES string of the molecule is COCc1cccc(Oc2ccc(N)c(C(=O)O)c2)c1. The molecule has 5 heteroatoms. The van der Waals surface area contributed by atoms with E-state index in [0.717, 1.165) is 5.56 Å². The van der Waals surface area contributed by atoms with Crippen molar-refractivity contribution in [2.75, 3.05) is 12.8 Å². The average Bonchev–Trinajstić information content (AvgIpc) is 2.41. The number of nitrogen functional groups attached to an aromatic ring is 1. The third-order valence-corrected chi connectivity index (χ3v) is 2.70. The lowest BCUT2D eigenvalue weighted by Crippen LogP contribution is -2.02. The Bertz CT molecular complexity index is 625. The molecule has 0 bridgehead atoms. The summed E-state index contributed by atoms with van der Waals surface area (Å²) in [5.41, 5.74) is 6.80. The lowest BCUT2D eigenvalue weighted by Gasteiger charge is -2.09. The number of rotatable bonds is 5. The summed E-state index contributed by atoms with van der Waals surface area (Å²) in [7, 11) is 1.62. The van der Waals surface area contributed by atoms with E-state index in [-0.39, 0.29) is 11.3 Å². The molecular formula is C15H15NO4. The van der Waals surface area contributed by atoms with Crippen LogP contribution in [0.5, 0.6) is 11.5 Å². The molecule has 0 amide bonds. The second-order valence-electron chi connectivity index (χ2n) is 4.24. The largest absolute Gasteiger partial charge is 0.478 e. The van der Waals surface area contributed by atoms with E-state index in [1.54, 1.807) is 19.2 Å². The van der Waals surface area contributed by atoms with Crippen LogP contribution in [0.15, 0.2) is 42.5 Å². The normalized spacial score (nSPS) is 10.2. The Morgan fingerprint density at radius 3 is 2.65 bits per heavy atom. The lowest BCUT2D eigenvalue weighted by atomic mass is 10.1. The Labute approximate surface area is 116 Å². The number of carboxylic acid groups (broad SMARTS) is 1. The molecule has 0 radical (unpaired) electrons. The molecule has 0 aliphatic rings. The van der Waals surface area contributed by atoms with Crippen LogP contribution in [0, 0.1) is 0 Å². The van der Waals surface area contributed by atoms with E-state index in [1.165, 1.54) is 12.1 Å². The molecule has 104 valence electrons. The summed E-state index contributed by atoms with van der Waals surface area (Å²) in [4.78, 5) is 11.0. The van der Waals surface area contributed by atoms with Crippen LogP contribution in [0.25, 0.3) is 0 Å². The Kier molecular flexibility index (Phi) is 4.22.